The Morgan fingerprint density at radius 1 is 1.26 bits per heavy atom. The fourth-order valence-electron chi connectivity index (χ4n) is 2.84. The smallest absolute Gasteiger partial charge is 0.315 e. The quantitative estimate of drug-likeness (QED) is 0.622. The highest BCUT2D eigenvalue weighted by Gasteiger charge is 2.15. The molecule has 0 aliphatic rings. The van der Waals surface area contributed by atoms with E-state index in [1.54, 1.807) is 6.20 Å². The van der Waals surface area contributed by atoms with Gasteiger partial charge in [-0.3, -0.25) is 4.79 Å². The molecule has 0 aliphatic heterocycles. The van der Waals surface area contributed by atoms with Gasteiger partial charge in [0.15, 0.2) is 0 Å². The van der Waals surface area contributed by atoms with Crippen LogP contribution in [0.25, 0.3) is 0 Å². The molecule has 2 aromatic rings. The molecule has 8 heteroatoms. The van der Waals surface area contributed by atoms with Crippen molar-refractivity contribution in [1.82, 2.24) is 20.2 Å². The first-order chi connectivity index (χ1) is 12.9. The lowest BCUT2D eigenvalue weighted by Crippen LogP contribution is -2.43. The molecule has 1 heterocycles. The average molecular weight is 373 g/mol. The third kappa shape index (κ3) is 6.32. The van der Waals surface area contributed by atoms with Gasteiger partial charge in [-0.25, -0.2) is 9.78 Å². The predicted molar refractivity (Wildman–Crippen MR) is 104 cm³/mol. The largest absolute Gasteiger partial charge is 0.481 e. The number of carboxylic acid groups (broad SMARTS) is 1. The molecule has 1 atom stereocenters. The number of aliphatic carboxylic acids is 1. The van der Waals surface area contributed by atoms with Crippen molar-refractivity contribution in [2.75, 3.05) is 19.0 Å². The van der Waals surface area contributed by atoms with Crippen LogP contribution in [-0.2, 0) is 24.8 Å². The second kappa shape index (κ2) is 9.61. The SMILES string of the molecule is CN(C)c1ncc(CNC(=O)NC(CCC(=O)O)Cc2ccccc2)n1C. The molecule has 0 radical (unpaired) electrons. The molecule has 0 saturated carbocycles. The summed E-state index contributed by atoms with van der Waals surface area (Å²) >= 11 is 0. The molecule has 0 fully saturated rings. The van der Waals surface area contributed by atoms with Gasteiger partial charge in [0.2, 0.25) is 5.95 Å². The van der Waals surface area contributed by atoms with E-state index in [-0.39, 0.29) is 18.5 Å². The van der Waals surface area contributed by atoms with Crippen LogP contribution >= 0.6 is 0 Å². The van der Waals surface area contributed by atoms with Crippen molar-refractivity contribution >= 4 is 17.9 Å². The monoisotopic (exact) mass is 373 g/mol. The zero-order chi connectivity index (χ0) is 19.8. The van der Waals surface area contributed by atoms with Crippen molar-refractivity contribution in [3.63, 3.8) is 0 Å². The number of aromatic nitrogens is 2. The van der Waals surface area contributed by atoms with Crippen LogP contribution in [0.4, 0.5) is 10.7 Å². The van der Waals surface area contributed by atoms with Crippen LogP contribution in [-0.4, -0.2) is 46.8 Å². The Kier molecular flexibility index (Phi) is 7.22. The lowest BCUT2D eigenvalue weighted by atomic mass is 10.0. The van der Waals surface area contributed by atoms with Crippen molar-refractivity contribution in [3.05, 3.63) is 47.8 Å². The third-order valence-electron chi connectivity index (χ3n) is 4.26. The predicted octanol–water partition coefficient (Wildman–Crippen LogP) is 1.76. The summed E-state index contributed by atoms with van der Waals surface area (Å²) in [5.74, 6) is -0.0722. The summed E-state index contributed by atoms with van der Waals surface area (Å²) in [5, 5.41) is 14.7. The topological polar surface area (TPSA) is 99.5 Å². The second-order valence-electron chi connectivity index (χ2n) is 6.65. The van der Waals surface area contributed by atoms with Crippen molar-refractivity contribution in [2.24, 2.45) is 7.05 Å². The summed E-state index contributed by atoms with van der Waals surface area (Å²) in [7, 11) is 5.70. The second-order valence-corrected chi connectivity index (χ2v) is 6.65. The standard InChI is InChI=1S/C19H27N5O3/c1-23(2)19-21-13-16(24(19)3)12-20-18(27)22-15(9-10-17(25)26)11-14-7-5-4-6-8-14/h4-8,13,15H,9-12H2,1-3H3,(H,25,26)(H2,20,22,27). The molecule has 2 amide bonds. The number of nitrogens with zero attached hydrogens (tertiary/aromatic N) is 3. The highest BCUT2D eigenvalue weighted by molar-refractivity contribution is 5.74. The van der Waals surface area contributed by atoms with E-state index in [0.29, 0.717) is 19.4 Å². The number of carbonyl (C=O) groups excluding carboxylic acids is 1. The molecule has 1 unspecified atom stereocenters. The van der Waals surface area contributed by atoms with E-state index in [2.05, 4.69) is 15.6 Å². The minimum Gasteiger partial charge on any atom is -0.481 e. The van der Waals surface area contributed by atoms with Gasteiger partial charge in [0, 0.05) is 33.6 Å². The highest BCUT2D eigenvalue weighted by atomic mass is 16.4. The number of carbonyl (C=O) groups is 2. The van der Waals surface area contributed by atoms with Gasteiger partial charge in [-0.05, 0) is 18.4 Å². The molecule has 1 aromatic heterocycles. The molecule has 0 saturated heterocycles. The molecule has 3 N–H and O–H groups in total. The number of benzene rings is 1. The maximum absolute atomic E-state index is 12.3. The molecule has 0 aliphatic carbocycles. The summed E-state index contributed by atoms with van der Waals surface area (Å²) < 4.78 is 1.91. The number of nitrogens with one attached hydrogen (secondary N) is 2. The highest BCUT2D eigenvalue weighted by Crippen LogP contribution is 2.11. The van der Waals surface area contributed by atoms with Gasteiger partial charge in [-0.15, -0.1) is 0 Å². The number of amides is 2. The van der Waals surface area contributed by atoms with E-state index >= 15 is 0 Å². The number of imidazole rings is 1. The van der Waals surface area contributed by atoms with E-state index in [4.69, 9.17) is 5.11 Å². The zero-order valence-corrected chi connectivity index (χ0v) is 16.0. The fourth-order valence-corrected chi connectivity index (χ4v) is 2.84. The van der Waals surface area contributed by atoms with Crippen LogP contribution in [0.1, 0.15) is 24.1 Å². The Morgan fingerprint density at radius 2 is 1.96 bits per heavy atom. The number of urea groups is 1. The van der Waals surface area contributed by atoms with Crippen LogP contribution in [0.3, 0.4) is 0 Å². The molecule has 8 nitrogen and oxygen atoms in total. The minimum absolute atomic E-state index is 0.00566. The zero-order valence-electron chi connectivity index (χ0n) is 16.0. The Morgan fingerprint density at radius 3 is 2.56 bits per heavy atom. The van der Waals surface area contributed by atoms with Crippen LogP contribution in [0.5, 0.6) is 0 Å². The number of anilines is 1. The van der Waals surface area contributed by atoms with E-state index < -0.39 is 5.97 Å². The van der Waals surface area contributed by atoms with Crippen molar-refractivity contribution in [2.45, 2.75) is 31.8 Å². The first kappa shape index (κ1) is 20.3. The van der Waals surface area contributed by atoms with E-state index in [9.17, 15) is 9.59 Å². The molecule has 1 aromatic carbocycles. The Bertz CT molecular complexity index is 758. The lowest BCUT2D eigenvalue weighted by Gasteiger charge is -2.19. The van der Waals surface area contributed by atoms with Crippen molar-refractivity contribution in [1.29, 1.82) is 0 Å². The lowest BCUT2D eigenvalue weighted by molar-refractivity contribution is -0.137. The first-order valence-electron chi connectivity index (χ1n) is 8.84. The Hall–Kier alpha value is -3.03. The summed E-state index contributed by atoms with van der Waals surface area (Å²) in [6.45, 7) is 0.333. The average Bonchev–Trinajstić information content (AvgIpc) is 2.99. The van der Waals surface area contributed by atoms with Crippen LogP contribution in [0.15, 0.2) is 36.5 Å². The molecular formula is C19H27N5O3. The number of hydrogen-bond acceptors (Lipinski definition) is 4. The van der Waals surface area contributed by atoms with Crippen LogP contribution in [0, 0.1) is 0 Å². The molecular weight excluding hydrogens is 346 g/mol. The number of rotatable bonds is 9. The molecule has 2 rings (SSSR count). The van der Waals surface area contributed by atoms with Gasteiger partial charge >= 0.3 is 12.0 Å². The van der Waals surface area contributed by atoms with Gasteiger partial charge in [0.05, 0.1) is 18.4 Å². The summed E-state index contributed by atoms with van der Waals surface area (Å²) in [4.78, 5) is 29.4. The van der Waals surface area contributed by atoms with Crippen LogP contribution < -0.4 is 15.5 Å². The van der Waals surface area contributed by atoms with E-state index in [1.165, 1.54) is 0 Å². The summed E-state index contributed by atoms with van der Waals surface area (Å²) in [6, 6.07) is 9.12. The minimum atomic E-state index is -0.874. The van der Waals surface area contributed by atoms with Crippen molar-refractivity contribution < 1.29 is 14.7 Å². The Labute approximate surface area is 159 Å². The van der Waals surface area contributed by atoms with Crippen LogP contribution in [0.2, 0.25) is 0 Å². The fraction of sp³-hybridized carbons (Fsp3) is 0.421. The normalized spacial score (nSPS) is 11.7. The van der Waals surface area contributed by atoms with Crippen molar-refractivity contribution in [3.8, 4) is 0 Å². The number of hydrogen-bond donors (Lipinski definition) is 3. The third-order valence-corrected chi connectivity index (χ3v) is 4.26. The molecule has 0 spiro atoms. The number of carboxylic acids is 1. The summed E-state index contributed by atoms with van der Waals surface area (Å²) in [5.41, 5.74) is 1.93. The Balaban J connectivity index is 1.93. The van der Waals surface area contributed by atoms with Gasteiger partial charge in [0.25, 0.3) is 0 Å². The van der Waals surface area contributed by atoms with Gasteiger partial charge in [-0.2, -0.15) is 0 Å². The summed E-state index contributed by atoms with van der Waals surface area (Å²) in [6.07, 6.45) is 2.68. The molecule has 146 valence electrons. The maximum atomic E-state index is 12.3. The first-order valence-corrected chi connectivity index (χ1v) is 8.84. The molecule has 27 heavy (non-hydrogen) atoms. The van der Waals surface area contributed by atoms with E-state index in [1.807, 2.05) is 60.9 Å². The maximum Gasteiger partial charge on any atom is 0.315 e. The molecule has 0 bridgehead atoms. The van der Waals surface area contributed by atoms with Gasteiger partial charge in [-0.1, -0.05) is 30.3 Å². The van der Waals surface area contributed by atoms with E-state index in [0.717, 1.165) is 17.2 Å². The van der Waals surface area contributed by atoms with Gasteiger partial charge in [0.1, 0.15) is 0 Å². The van der Waals surface area contributed by atoms with Gasteiger partial charge < -0.3 is 25.2 Å².